The molecule has 0 heterocycles. The average Bonchev–Trinajstić information content (AvgIpc) is 2.29. The first-order valence-electron chi connectivity index (χ1n) is 5.88. The van der Waals surface area contributed by atoms with Crippen molar-refractivity contribution in [1.29, 1.82) is 0 Å². The van der Waals surface area contributed by atoms with Crippen molar-refractivity contribution in [2.75, 3.05) is 6.54 Å². The van der Waals surface area contributed by atoms with Crippen molar-refractivity contribution in [2.24, 2.45) is 11.8 Å². The molecule has 0 aromatic heterocycles. The van der Waals surface area contributed by atoms with Gasteiger partial charge in [-0.1, -0.05) is 51.1 Å². The van der Waals surface area contributed by atoms with E-state index in [1.54, 1.807) is 0 Å². The highest BCUT2D eigenvalue weighted by Gasteiger charge is 2.15. The molecule has 2 nitrogen and oxygen atoms in total. The van der Waals surface area contributed by atoms with E-state index in [1.807, 2.05) is 25.1 Å². The molecule has 0 aliphatic rings. The number of nitrogens with one attached hydrogen (secondary N) is 1. The van der Waals surface area contributed by atoms with E-state index in [4.69, 9.17) is 0 Å². The predicted molar refractivity (Wildman–Crippen MR) is 67.2 cm³/mol. The van der Waals surface area contributed by atoms with Crippen molar-refractivity contribution in [3.05, 3.63) is 35.9 Å². The fourth-order valence-corrected chi connectivity index (χ4v) is 1.46. The molecule has 1 aromatic carbocycles. The lowest BCUT2D eigenvalue weighted by atomic mass is 9.93. The monoisotopic (exact) mass is 219 g/mol. The van der Waals surface area contributed by atoms with Crippen LogP contribution >= 0.6 is 0 Å². The van der Waals surface area contributed by atoms with Crippen LogP contribution in [0.5, 0.6) is 0 Å². The third-order valence-corrected chi connectivity index (χ3v) is 2.98. The van der Waals surface area contributed by atoms with Gasteiger partial charge in [-0.05, 0) is 11.5 Å². The Kier molecular flexibility index (Phi) is 5.20. The molecule has 0 saturated carbocycles. The summed E-state index contributed by atoms with van der Waals surface area (Å²) in [5, 5.41) is 3.19. The average molecular weight is 219 g/mol. The Morgan fingerprint density at radius 3 is 2.38 bits per heavy atom. The molecule has 1 unspecified atom stereocenters. The number of carbonyl (C=O) groups excluding carboxylic acids is 1. The number of hydrogen-bond acceptors (Lipinski definition) is 2. The molecule has 1 aromatic rings. The van der Waals surface area contributed by atoms with Gasteiger partial charge >= 0.3 is 0 Å². The summed E-state index contributed by atoms with van der Waals surface area (Å²) in [6, 6.07) is 10.1. The highest BCUT2D eigenvalue weighted by molar-refractivity contribution is 5.82. The van der Waals surface area contributed by atoms with Crippen LogP contribution in [0.15, 0.2) is 30.3 Å². The first kappa shape index (κ1) is 12.9. The van der Waals surface area contributed by atoms with Gasteiger partial charge in [0.1, 0.15) is 5.78 Å². The summed E-state index contributed by atoms with van der Waals surface area (Å²) in [4.78, 5) is 11.7. The fourth-order valence-electron chi connectivity index (χ4n) is 1.46. The highest BCUT2D eigenvalue weighted by Crippen LogP contribution is 2.10. The van der Waals surface area contributed by atoms with Crippen molar-refractivity contribution in [1.82, 2.24) is 5.32 Å². The number of benzene rings is 1. The lowest BCUT2D eigenvalue weighted by Crippen LogP contribution is -2.29. The molecule has 0 saturated heterocycles. The second-order valence-electron chi connectivity index (χ2n) is 4.59. The summed E-state index contributed by atoms with van der Waals surface area (Å²) in [5.74, 6) is 0.861. The number of rotatable bonds is 6. The Morgan fingerprint density at radius 2 is 1.81 bits per heavy atom. The lowest BCUT2D eigenvalue weighted by molar-refractivity contribution is -0.122. The molecule has 1 N–H and O–H groups in total. The van der Waals surface area contributed by atoms with Gasteiger partial charge in [-0.25, -0.2) is 0 Å². The minimum atomic E-state index is 0.142. The van der Waals surface area contributed by atoms with Crippen LogP contribution in [0.25, 0.3) is 0 Å². The van der Waals surface area contributed by atoms with Crippen LogP contribution in [0.2, 0.25) is 0 Å². The fraction of sp³-hybridized carbons (Fsp3) is 0.500. The number of Topliss-reactive ketones (excluding diaryl/α,β-unsaturated/α-hetero) is 1. The van der Waals surface area contributed by atoms with Crippen LogP contribution in [-0.2, 0) is 11.3 Å². The standard InChI is InChI=1S/C14H21NO/c1-11(2)12(3)14(16)10-15-9-13-7-5-4-6-8-13/h4-8,11-12,15H,9-10H2,1-3H3. The maximum atomic E-state index is 11.7. The Hall–Kier alpha value is -1.15. The van der Waals surface area contributed by atoms with Crippen LogP contribution in [0.3, 0.4) is 0 Å². The summed E-state index contributed by atoms with van der Waals surface area (Å²) in [6.07, 6.45) is 0. The summed E-state index contributed by atoms with van der Waals surface area (Å²) in [5.41, 5.74) is 1.22. The molecule has 0 aliphatic heterocycles. The van der Waals surface area contributed by atoms with E-state index < -0.39 is 0 Å². The second-order valence-corrected chi connectivity index (χ2v) is 4.59. The zero-order valence-corrected chi connectivity index (χ0v) is 10.4. The maximum absolute atomic E-state index is 11.7. The van der Waals surface area contributed by atoms with Gasteiger partial charge in [-0.15, -0.1) is 0 Å². The Morgan fingerprint density at radius 1 is 1.19 bits per heavy atom. The molecular weight excluding hydrogens is 198 g/mol. The van der Waals surface area contributed by atoms with Gasteiger partial charge in [-0.2, -0.15) is 0 Å². The maximum Gasteiger partial charge on any atom is 0.149 e. The van der Waals surface area contributed by atoms with Gasteiger partial charge in [0, 0.05) is 12.5 Å². The Balaban J connectivity index is 2.28. The number of hydrogen-bond donors (Lipinski definition) is 1. The minimum absolute atomic E-state index is 0.142. The molecule has 0 aliphatic carbocycles. The normalized spacial score (nSPS) is 12.8. The third-order valence-electron chi connectivity index (χ3n) is 2.98. The van der Waals surface area contributed by atoms with Crippen molar-refractivity contribution >= 4 is 5.78 Å². The van der Waals surface area contributed by atoms with E-state index in [2.05, 4.69) is 31.3 Å². The molecular formula is C14H21NO. The molecule has 0 radical (unpaired) electrons. The zero-order chi connectivity index (χ0) is 12.0. The highest BCUT2D eigenvalue weighted by atomic mass is 16.1. The van der Waals surface area contributed by atoms with Gasteiger partial charge in [0.05, 0.1) is 6.54 Å². The summed E-state index contributed by atoms with van der Waals surface area (Å²) in [7, 11) is 0. The smallest absolute Gasteiger partial charge is 0.149 e. The van der Waals surface area contributed by atoms with Crippen molar-refractivity contribution < 1.29 is 4.79 Å². The van der Waals surface area contributed by atoms with Gasteiger partial charge in [0.25, 0.3) is 0 Å². The molecule has 0 bridgehead atoms. The van der Waals surface area contributed by atoms with Crippen molar-refractivity contribution in [3.63, 3.8) is 0 Å². The number of ketones is 1. The second kappa shape index (κ2) is 6.44. The van der Waals surface area contributed by atoms with E-state index in [9.17, 15) is 4.79 Å². The summed E-state index contributed by atoms with van der Waals surface area (Å²) >= 11 is 0. The van der Waals surface area contributed by atoms with E-state index in [-0.39, 0.29) is 5.92 Å². The van der Waals surface area contributed by atoms with Crippen molar-refractivity contribution in [3.8, 4) is 0 Å². The minimum Gasteiger partial charge on any atom is -0.306 e. The lowest BCUT2D eigenvalue weighted by Gasteiger charge is -2.14. The van der Waals surface area contributed by atoms with Crippen LogP contribution in [0, 0.1) is 11.8 Å². The Labute approximate surface area is 98.1 Å². The third kappa shape index (κ3) is 4.15. The van der Waals surface area contributed by atoms with E-state index >= 15 is 0 Å². The largest absolute Gasteiger partial charge is 0.306 e. The molecule has 16 heavy (non-hydrogen) atoms. The van der Waals surface area contributed by atoms with Gasteiger partial charge in [0.2, 0.25) is 0 Å². The molecule has 0 spiro atoms. The van der Waals surface area contributed by atoms with Gasteiger partial charge in [-0.3, -0.25) is 4.79 Å². The first-order valence-corrected chi connectivity index (χ1v) is 5.88. The molecule has 0 amide bonds. The molecule has 0 fully saturated rings. The molecule has 1 rings (SSSR count). The molecule has 2 heteroatoms. The van der Waals surface area contributed by atoms with E-state index in [0.29, 0.717) is 18.2 Å². The van der Waals surface area contributed by atoms with Crippen LogP contribution < -0.4 is 5.32 Å². The molecule has 88 valence electrons. The van der Waals surface area contributed by atoms with E-state index in [0.717, 1.165) is 6.54 Å². The van der Waals surface area contributed by atoms with Crippen LogP contribution in [0.1, 0.15) is 26.3 Å². The van der Waals surface area contributed by atoms with Gasteiger partial charge < -0.3 is 5.32 Å². The first-order chi connectivity index (χ1) is 7.61. The van der Waals surface area contributed by atoms with E-state index in [1.165, 1.54) is 5.56 Å². The zero-order valence-electron chi connectivity index (χ0n) is 10.4. The number of carbonyl (C=O) groups is 1. The SMILES string of the molecule is CC(C)C(C)C(=O)CNCc1ccccc1. The van der Waals surface area contributed by atoms with Crippen molar-refractivity contribution in [2.45, 2.75) is 27.3 Å². The predicted octanol–water partition coefficient (Wildman–Crippen LogP) is 2.64. The van der Waals surface area contributed by atoms with Gasteiger partial charge in [0.15, 0.2) is 0 Å². The van der Waals surface area contributed by atoms with Crippen LogP contribution in [-0.4, -0.2) is 12.3 Å². The molecule has 1 atom stereocenters. The topological polar surface area (TPSA) is 29.1 Å². The Bertz CT molecular complexity index is 319. The quantitative estimate of drug-likeness (QED) is 0.797. The summed E-state index contributed by atoms with van der Waals surface area (Å²) < 4.78 is 0. The van der Waals surface area contributed by atoms with Crippen LogP contribution in [0.4, 0.5) is 0 Å². The summed E-state index contributed by atoms with van der Waals surface area (Å²) in [6.45, 7) is 7.39.